The van der Waals surface area contributed by atoms with Crippen LogP contribution in [-0.2, 0) is 20.0 Å². The average molecular weight is 375 g/mol. The Hall–Kier alpha value is -1.51. The fourth-order valence-corrected chi connectivity index (χ4v) is 3.38. The zero-order valence-corrected chi connectivity index (χ0v) is 14.9. The van der Waals surface area contributed by atoms with Gasteiger partial charge in [-0.2, -0.15) is 8.80 Å². The van der Waals surface area contributed by atoms with Crippen molar-refractivity contribution in [3.8, 4) is 0 Å². The van der Waals surface area contributed by atoms with Crippen LogP contribution in [0.1, 0.15) is 25.0 Å². The van der Waals surface area contributed by atoms with E-state index >= 15 is 0 Å². The topological polar surface area (TPSA) is 93.0 Å². The van der Waals surface area contributed by atoms with Crippen LogP contribution in [0.2, 0.25) is 0 Å². The Balaban J connectivity index is 2.73. The maximum atomic E-state index is 11.8. The standard InChI is InChI=1S/C14H15ClN2O4S2/c1-3-22(18,19)16-13-9-12(15)14(17-23(20,21)4-2)11-8-6-5-7-10(11)13/h5-9H,3-4H2,1-2H3. The Morgan fingerprint density at radius 1 is 0.913 bits per heavy atom. The first-order valence-electron chi connectivity index (χ1n) is 6.81. The number of allylic oxidation sites excluding steroid dienone is 2. The number of hydrogen-bond donors (Lipinski definition) is 0. The van der Waals surface area contributed by atoms with Crippen molar-refractivity contribution in [2.75, 3.05) is 11.5 Å². The predicted molar refractivity (Wildman–Crippen MR) is 92.4 cm³/mol. The van der Waals surface area contributed by atoms with Gasteiger partial charge >= 0.3 is 0 Å². The maximum Gasteiger partial charge on any atom is 0.253 e. The highest BCUT2D eigenvalue weighted by Crippen LogP contribution is 2.26. The van der Waals surface area contributed by atoms with Gasteiger partial charge in [-0.05, 0) is 19.9 Å². The van der Waals surface area contributed by atoms with Crippen molar-refractivity contribution in [3.63, 3.8) is 0 Å². The molecule has 9 heteroatoms. The van der Waals surface area contributed by atoms with Crippen LogP contribution in [0.5, 0.6) is 0 Å². The molecule has 0 aliphatic heterocycles. The van der Waals surface area contributed by atoms with Crippen molar-refractivity contribution in [3.05, 3.63) is 46.5 Å². The summed E-state index contributed by atoms with van der Waals surface area (Å²) in [6.07, 6.45) is 1.32. The van der Waals surface area contributed by atoms with Crippen molar-refractivity contribution in [2.45, 2.75) is 13.8 Å². The monoisotopic (exact) mass is 374 g/mol. The molecule has 0 spiro atoms. The first-order chi connectivity index (χ1) is 10.7. The molecule has 2 rings (SSSR count). The average Bonchev–Trinajstić information content (AvgIpc) is 2.51. The SMILES string of the molecule is CCS(=O)(=O)N=C1C=C(Cl)C(=NS(=O)(=O)CC)c2ccccc21. The third kappa shape index (κ3) is 4.07. The maximum absolute atomic E-state index is 11.8. The van der Waals surface area contributed by atoms with E-state index in [2.05, 4.69) is 8.80 Å². The van der Waals surface area contributed by atoms with Gasteiger partial charge in [0.25, 0.3) is 20.0 Å². The van der Waals surface area contributed by atoms with Crippen molar-refractivity contribution >= 4 is 43.1 Å². The van der Waals surface area contributed by atoms with Gasteiger partial charge in [-0.25, -0.2) is 16.8 Å². The summed E-state index contributed by atoms with van der Waals surface area (Å²) < 4.78 is 54.6. The van der Waals surface area contributed by atoms with Crippen LogP contribution in [-0.4, -0.2) is 39.8 Å². The number of rotatable bonds is 4. The van der Waals surface area contributed by atoms with Crippen LogP contribution in [0.25, 0.3) is 0 Å². The molecule has 0 atom stereocenters. The quantitative estimate of drug-likeness (QED) is 0.806. The number of halogens is 1. The van der Waals surface area contributed by atoms with E-state index in [9.17, 15) is 16.8 Å². The molecular formula is C14H15ClN2O4S2. The van der Waals surface area contributed by atoms with E-state index in [0.29, 0.717) is 11.1 Å². The molecule has 1 aromatic rings. The van der Waals surface area contributed by atoms with Crippen LogP contribution in [0.15, 0.2) is 44.2 Å². The molecule has 0 aromatic heterocycles. The molecule has 0 amide bonds. The van der Waals surface area contributed by atoms with Crippen LogP contribution in [0.3, 0.4) is 0 Å². The second-order valence-electron chi connectivity index (χ2n) is 4.70. The third-order valence-electron chi connectivity index (χ3n) is 3.15. The van der Waals surface area contributed by atoms with E-state index in [4.69, 9.17) is 11.6 Å². The molecule has 1 aromatic carbocycles. The normalized spacial score (nSPS) is 18.8. The number of hydrogen-bond acceptors (Lipinski definition) is 4. The second kappa shape index (κ2) is 6.54. The zero-order valence-electron chi connectivity index (χ0n) is 12.5. The van der Waals surface area contributed by atoms with Gasteiger partial charge in [0.15, 0.2) is 0 Å². The third-order valence-corrected chi connectivity index (χ3v) is 5.83. The van der Waals surface area contributed by atoms with Crippen LogP contribution in [0, 0.1) is 0 Å². The summed E-state index contributed by atoms with van der Waals surface area (Å²) in [6, 6.07) is 6.66. The number of nitrogens with zero attached hydrogens (tertiary/aromatic N) is 2. The molecule has 23 heavy (non-hydrogen) atoms. The van der Waals surface area contributed by atoms with Crippen molar-refractivity contribution < 1.29 is 16.8 Å². The van der Waals surface area contributed by atoms with E-state index in [0.717, 1.165) is 0 Å². The lowest BCUT2D eigenvalue weighted by Gasteiger charge is -2.17. The first-order valence-corrected chi connectivity index (χ1v) is 10.4. The van der Waals surface area contributed by atoms with E-state index in [1.807, 2.05) is 0 Å². The highest BCUT2D eigenvalue weighted by molar-refractivity contribution is 7.90. The molecule has 0 radical (unpaired) electrons. The van der Waals surface area contributed by atoms with Gasteiger partial charge in [-0.1, -0.05) is 35.9 Å². The molecule has 0 bridgehead atoms. The minimum atomic E-state index is -3.65. The predicted octanol–water partition coefficient (Wildman–Crippen LogP) is 2.10. The second-order valence-corrected chi connectivity index (χ2v) is 8.95. The molecule has 0 saturated carbocycles. The summed E-state index contributed by atoms with van der Waals surface area (Å²) in [5, 5.41) is 0.0331. The van der Waals surface area contributed by atoms with Gasteiger partial charge in [0.1, 0.15) is 5.71 Å². The summed E-state index contributed by atoms with van der Waals surface area (Å²) in [4.78, 5) is 0. The molecular weight excluding hydrogens is 360 g/mol. The summed E-state index contributed by atoms with van der Waals surface area (Å²) in [5.74, 6) is -0.302. The van der Waals surface area contributed by atoms with Gasteiger partial charge in [0.05, 0.1) is 22.2 Å². The molecule has 0 fully saturated rings. The number of fused-ring (bicyclic) bond motifs is 1. The van der Waals surface area contributed by atoms with E-state index in [1.54, 1.807) is 24.3 Å². The zero-order chi connectivity index (χ0) is 17.3. The van der Waals surface area contributed by atoms with Gasteiger partial charge in [0.2, 0.25) is 0 Å². The molecule has 124 valence electrons. The van der Waals surface area contributed by atoms with Crippen LogP contribution < -0.4 is 0 Å². The van der Waals surface area contributed by atoms with E-state index in [-0.39, 0.29) is 28.0 Å². The van der Waals surface area contributed by atoms with E-state index in [1.165, 1.54) is 19.9 Å². The van der Waals surface area contributed by atoms with Gasteiger partial charge in [-0.15, -0.1) is 0 Å². The lowest BCUT2D eigenvalue weighted by Crippen LogP contribution is -2.19. The van der Waals surface area contributed by atoms with Crippen LogP contribution in [0.4, 0.5) is 0 Å². The Morgan fingerprint density at radius 3 is 2.00 bits per heavy atom. The highest BCUT2D eigenvalue weighted by Gasteiger charge is 2.24. The van der Waals surface area contributed by atoms with E-state index < -0.39 is 20.0 Å². The number of sulfonamides is 2. The molecule has 0 heterocycles. The Morgan fingerprint density at radius 2 is 1.43 bits per heavy atom. The Kier molecular flexibility index (Phi) is 5.07. The lowest BCUT2D eigenvalue weighted by atomic mass is 9.94. The Bertz CT molecular complexity index is 929. The van der Waals surface area contributed by atoms with Gasteiger partial charge in [0, 0.05) is 11.1 Å². The smallest absolute Gasteiger partial charge is 0.205 e. The molecule has 6 nitrogen and oxygen atoms in total. The summed E-state index contributed by atoms with van der Waals surface area (Å²) in [5.41, 5.74) is 1.17. The molecule has 0 saturated heterocycles. The molecule has 0 N–H and O–H groups in total. The molecule has 1 aliphatic carbocycles. The van der Waals surface area contributed by atoms with Gasteiger partial charge < -0.3 is 0 Å². The summed E-state index contributed by atoms with van der Waals surface area (Å²) in [7, 11) is -7.26. The fraction of sp³-hybridized carbons (Fsp3) is 0.286. The van der Waals surface area contributed by atoms with Gasteiger partial charge in [-0.3, -0.25) is 0 Å². The fourth-order valence-electron chi connectivity index (χ4n) is 1.89. The van der Waals surface area contributed by atoms with Crippen molar-refractivity contribution in [1.82, 2.24) is 0 Å². The number of benzene rings is 1. The summed E-state index contributed by atoms with van der Waals surface area (Å²) >= 11 is 6.13. The van der Waals surface area contributed by atoms with Crippen molar-refractivity contribution in [1.29, 1.82) is 0 Å². The van der Waals surface area contributed by atoms with Crippen LogP contribution >= 0.6 is 11.6 Å². The molecule has 1 aliphatic rings. The largest absolute Gasteiger partial charge is 0.253 e. The molecule has 0 unspecified atom stereocenters. The summed E-state index contributed by atoms with van der Waals surface area (Å²) in [6.45, 7) is 2.96. The first kappa shape index (κ1) is 17.8. The van der Waals surface area contributed by atoms with Crippen molar-refractivity contribution in [2.24, 2.45) is 8.80 Å². The highest BCUT2D eigenvalue weighted by atomic mass is 35.5. The Labute approximate surface area is 140 Å². The minimum Gasteiger partial charge on any atom is -0.205 e. The minimum absolute atomic E-state index is 0.0331. The lowest BCUT2D eigenvalue weighted by molar-refractivity contribution is 0.597.